The highest BCUT2D eigenvalue weighted by molar-refractivity contribution is 5.83. The summed E-state index contributed by atoms with van der Waals surface area (Å²) in [5.74, 6) is 0.556. The van der Waals surface area contributed by atoms with Gasteiger partial charge in [0.2, 0.25) is 0 Å². The smallest absolute Gasteiger partial charge is 0.149 e. The first-order valence-electron chi connectivity index (χ1n) is 4.91. The number of unbranched alkanes of at least 4 members (excludes halogenated alkanes) is 1. The maximum atomic E-state index is 11.4. The van der Waals surface area contributed by atoms with E-state index in [1.54, 1.807) is 0 Å². The number of Topliss-reactive ketones (excluding diaryl/α,β-unsaturated/α-hetero) is 1. The van der Waals surface area contributed by atoms with Crippen LogP contribution in [-0.2, 0) is 4.79 Å². The number of rotatable bonds is 6. The lowest BCUT2D eigenvalue weighted by molar-refractivity contribution is -0.121. The molecule has 0 aliphatic carbocycles. The third-order valence-electron chi connectivity index (χ3n) is 2.41. The second-order valence-electron chi connectivity index (χ2n) is 3.48. The Morgan fingerprint density at radius 2 is 2.00 bits per heavy atom. The SMILES string of the molecule is CCCCC(=O)C(N)C(C)CC. The quantitative estimate of drug-likeness (QED) is 0.665. The summed E-state index contributed by atoms with van der Waals surface area (Å²) in [5, 5.41) is 0. The van der Waals surface area contributed by atoms with Crippen molar-refractivity contribution in [1.82, 2.24) is 0 Å². The van der Waals surface area contributed by atoms with Crippen LogP contribution in [-0.4, -0.2) is 11.8 Å². The molecule has 2 heteroatoms. The van der Waals surface area contributed by atoms with Gasteiger partial charge < -0.3 is 5.73 Å². The molecule has 2 atom stereocenters. The average molecular weight is 171 g/mol. The van der Waals surface area contributed by atoms with Crippen LogP contribution in [0.1, 0.15) is 46.5 Å². The van der Waals surface area contributed by atoms with Crippen LogP contribution in [0.2, 0.25) is 0 Å². The van der Waals surface area contributed by atoms with Crippen molar-refractivity contribution in [2.45, 2.75) is 52.5 Å². The van der Waals surface area contributed by atoms with Crippen LogP contribution >= 0.6 is 0 Å². The van der Waals surface area contributed by atoms with Gasteiger partial charge in [0.25, 0.3) is 0 Å². The Kier molecular flexibility index (Phi) is 5.99. The fourth-order valence-corrected chi connectivity index (χ4v) is 1.09. The first-order valence-corrected chi connectivity index (χ1v) is 4.91. The Morgan fingerprint density at radius 1 is 1.42 bits per heavy atom. The highest BCUT2D eigenvalue weighted by atomic mass is 16.1. The minimum Gasteiger partial charge on any atom is -0.321 e. The molecule has 12 heavy (non-hydrogen) atoms. The van der Waals surface area contributed by atoms with E-state index in [0.717, 1.165) is 19.3 Å². The lowest BCUT2D eigenvalue weighted by atomic mass is 9.94. The van der Waals surface area contributed by atoms with Gasteiger partial charge in [-0.3, -0.25) is 4.79 Å². The molecule has 2 unspecified atom stereocenters. The monoisotopic (exact) mass is 171 g/mol. The van der Waals surface area contributed by atoms with Gasteiger partial charge in [-0.15, -0.1) is 0 Å². The van der Waals surface area contributed by atoms with Gasteiger partial charge >= 0.3 is 0 Å². The zero-order valence-electron chi connectivity index (χ0n) is 8.47. The Labute approximate surface area is 75.5 Å². The highest BCUT2D eigenvalue weighted by Crippen LogP contribution is 2.09. The fraction of sp³-hybridized carbons (Fsp3) is 0.900. The summed E-state index contributed by atoms with van der Waals surface area (Å²) in [6, 6.07) is -0.235. The standard InChI is InChI=1S/C10H21NO/c1-4-6-7-9(12)10(11)8(3)5-2/h8,10H,4-7,11H2,1-3H3. The van der Waals surface area contributed by atoms with Crippen molar-refractivity contribution in [1.29, 1.82) is 0 Å². The molecule has 0 saturated carbocycles. The van der Waals surface area contributed by atoms with E-state index in [1.807, 2.05) is 6.92 Å². The van der Waals surface area contributed by atoms with Crippen LogP contribution in [0.25, 0.3) is 0 Å². The lowest BCUT2D eigenvalue weighted by Gasteiger charge is -2.16. The molecule has 0 heterocycles. The number of hydrogen-bond donors (Lipinski definition) is 1. The number of carbonyl (C=O) groups excluding carboxylic acids is 1. The van der Waals surface area contributed by atoms with Crippen LogP contribution in [0.5, 0.6) is 0 Å². The normalized spacial score (nSPS) is 15.7. The topological polar surface area (TPSA) is 43.1 Å². The van der Waals surface area contributed by atoms with Crippen molar-refractivity contribution < 1.29 is 4.79 Å². The van der Waals surface area contributed by atoms with E-state index in [0.29, 0.717) is 12.3 Å². The molecule has 0 radical (unpaired) electrons. The molecule has 0 aromatic carbocycles. The van der Waals surface area contributed by atoms with E-state index < -0.39 is 0 Å². The Balaban J connectivity index is 3.75. The summed E-state index contributed by atoms with van der Waals surface area (Å²) in [6.07, 6.45) is 3.68. The van der Waals surface area contributed by atoms with Crippen molar-refractivity contribution in [2.24, 2.45) is 11.7 Å². The molecule has 0 aliphatic rings. The number of hydrogen-bond acceptors (Lipinski definition) is 2. The van der Waals surface area contributed by atoms with Gasteiger partial charge in [-0.25, -0.2) is 0 Å². The molecule has 0 bridgehead atoms. The van der Waals surface area contributed by atoms with Crippen molar-refractivity contribution in [3.05, 3.63) is 0 Å². The van der Waals surface area contributed by atoms with Gasteiger partial charge in [0, 0.05) is 6.42 Å². The Morgan fingerprint density at radius 3 is 2.42 bits per heavy atom. The maximum Gasteiger partial charge on any atom is 0.149 e. The van der Waals surface area contributed by atoms with Gasteiger partial charge in [-0.1, -0.05) is 33.6 Å². The van der Waals surface area contributed by atoms with E-state index >= 15 is 0 Å². The summed E-state index contributed by atoms with van der Waals surface area (Å²) < 4.78 is 0. The summed E-state index contributed by atoms with van der Waals surface area (Å²) in [4.78, 5) is 11.4. The molecule has 72 valence electrons. The van der Waals surface area contributed by atoms with E-state index in [-0.39, 0.29) is 11.8 Å². The predicted molar refractivity (Wildman–Crippen MR) is 52.0 cm³/mol. The van der Waals surface area contributed by atoms with E-state index in [9.17, 15) is 4.79 Å². The first kappa shape index (κ1) is 11.6. The molecule has 0 spiro atoms. The molecule has 0 saturated heterocycles. The maximum absolute atomic E-state index is 11.4. The Hall–Kier alpha value is -0.370. The third kappa shape index (κ3) is 3.86. The summed E-state index contributed by atoms with van der Waals surface area (Å²) in [7, 11) is 0. The van der Waals surface area contributed by atoms with Crippen LogP contribution in [0.3, 0.4) is 0 Å². The Bertz CT molecular complexity index is 134. The van der Waals surface area contributed by atoms with Crippen LogP contribution < -0.4 is 5.73 Å². The number of nitrogens with two attached hydrogens (primary N) is 1. The minimum absolute atomic E-state index is 0.228. The molecule has 0 amide bonds. The molecule has 0 aliphatic heterocycles. The third-order valence-corrected chi connectivity index (χ3v) is 2.41. The summed E-state index contributed by atoms with van der Waals surface area (Å²) in [5.41, 5.74) is 5.76. The van der Waals surface area contributed by atoms with Crippen molar-refractivity contribution in [2.75, 3.05) is 0 Å². The van der Waals surface area contributed by atoms with Crippen LogP contribution in [0.4, 0.5) is 0 Å². The lowest BCUT2D eigenvalue weighted by Crippen LogP contribution is -2.36. The van der Waals surface area contributed by atoms with Gasteiger partial charge in [0.1, 0.15) is 5.78 Å². The van der Waals surface area contributed by atoms with Crippen molar-refractivity contribution in [3.63, 3.8) is 0 Å². The van der Waals surface area contributed by atoms with E-state index in [2.05, 4.69) is 13.8 Å². The molecular formula is C10H21NO. The molecule has 2 N–H and O–H groups in total. The molecule has 0 fully saturated rings. The minimum atomic E-state index is -0.235. The molecule has 0 rings (SSSR count). The summed E-state index contributed by atoms with van der Waals surface area (Å²) in [6.45, 7) is 6.19. The predicted octanol–water partition coefficient (Wildman–Crippen LogP) is 2.12. The largest absolute Gasteiger partial charge is 0.321 e. The fourth-order valence-electron chi connectivity index (χ4n) is 1.09. The zero-order chi connectivity index (χ0) is 9.56. The van der Waals surface area contributed by atoms with E-state index in [1.165, 1.54) is 0 Å². The second kappa shape index (κ2) is 6.18. The van der Waals surface area contributed by atoms with Crippen LogP contribution in [0.15, 0.2) is 0 Å². The first-order chi connectivity index (χ1) is 5.63. The number of ketones is 1. The van der Waals surface area contributed by atoms with Gasteiger partial charge in [-0.05, 0) is 12.3 Å². The second-order valence-corrected chi connectivity index (χ2v) is 3.48. The van der Waals surface area contributed by atoms with E-state index in [4.69, 9.17) is 5.73 Å². The molecule has 0 aromatic heterocycles. The molecular weight excluding hydrogens is 150 g/mol. The van der Waals surface area contributed by atoms with Gasteiger partial charge in [-0.2, -0.15) is 0 Å². The molecule has 0 aromatic rings. The number of carbonyl (C=O) groups is 1. The van der Waals surface area contributed by atoms with Gasteiger partial charge in [0.15, 0.2) is 0 Å². The van der Waals surface area contributed by atoms with Crippen molar-refractivity contribution >= 4 is 5.78 Å². The van der Waals surface area contributed by atoms with Gasteiger partial charge in [0.05, 0.1) is 6.04 Å². The average Bonchev–Trinajstić information content (AvgIpc) is 2.11. The highest BCUT2D eigenvalue weighted by Gasteiger charge is 2.17. The van der Waals surface area contributed by atoms with Crippen LogP contribution in [0, 0.1) is 5.92 Å². The zero-order valence-corrected chi connectivity index (χ0v) is 8.47. The van der Waals surface area contributed by atoms with Crippen molar-refractivity contribution in [3.8, 4) is 0 Å². The molecule has 2 nitrogen and oxygen atoms in total. The summed E-state index contributed by atoms with van der Waals surface area (Å²) >= 11 is 0.